The number of rotatable bonds is 7. The van der Waals surface area contributed by atoms with Crippen molar-refractivity contribution in [2.75, 3.05) is 26.4 Å². The topological polar surface area (TPSA) is 38.8 Å². The Hall–Kier alpha value is -2.85. The van der Waals surface area contributed by atoms with Crippen LogP contribution in [0.15, 0.2) is 72.8 Å². The van der Waals surface area contributed by atoms with Crippen molar-refractivity contribution in [2.45, 2.75) is 19.4 Å². The normalized spacial score (nSPS) is 14.6. The van der Waals surface area contributed by atoms with Gasteiger partial charge in [0.05, 0.1) is 0 Å². The van der Waals surface area contributed by atoms with E-state index in [1.54, 1.807) is 0 Å². The summed E-state index contributed by atoms with van der Waals surface area (Å²) in [5.41, 5.74) is 1.14. The SMILES string of the molecule is O=C(COc1ccc2ccccc2c1)N(Cc1ccccc1)CC1CCOCC1. The number of hydrogen-bond donors (Lipinski definition) is 0. The number of hydrogen-bond acceptors (Lipinski definition) is 3. The first kappa shape index (κ1) is 19.5. The van der Waals surface area contributed by atoms with Crippen molar-refractivity contribution < 1.29 is 14.3 Å². The molecule has 1 aliphatic rings. The summed E-state index contributed by atoms with van der Waals surface area (Å²) >= 11 is 0. The maximum absolute atomic E-state index is 13.0. The van der Waals surface area contributed by atoms with E-state index in [-0.39, 0.29) is 12.5 Å². The van der Waals surface area contributed by atoms with Gasteiger partial charge in [-0.15, -0.1) is 0 Å². The third kappa shape index (κ3) is 5.36. The summed E-state index contributed by atoms with van der Waals surface area (Å²) in [7, 11) is 0. The number of ether oxygens (including phenoxy) is 2. The first-order chi connectivity index (χ1) is 14.3. The van der Waals surface area contributed by atoms with E-state index < -0.39 is 0 Å². The van der Waals surface area contributed by atoms with Crippen LogP contribution in [0.3, 0.4) is 0 Å². The number of amides is 1. The first-order valence-corrected chi connectivity index (χ1v) is 10.3. The van der Waals surface area contributed by atoms with Gasteiger partial charge in [-0.3, -0.25) is 4.79 Å². The van der Waals surface area contributed by atoms with Crippen LogP contribution in [0, 0.1) is 5.92 Å². The predicted molar refractivity (Wildman–Crippen MR) is 115 cm³/mol. The van der Waals surface area contributed by atoms with E-state index in [1.165, 1.54) is 0 Å². The van der Waals surface area contributed by atoms with Crippen LogP contribution in [0.1, 0.15) is 18.4 Å². The lowest BCUT2D eigenvalue weighted by molar-refractivity contribution is -0.135. The lowest BCUT2D eigenvalue weighted by atomic mass is 9.99. The lowest BCUT2D eigenvalue weighted by Gasteiger charge is -2.30. The highest BCUT2D eigenvalue weighted by Gasteiger charge is 2.22. The molecule has 4 nitrogen and oxygen atoms in total. The number of carbonyl (C=O) groups excluding carboxylic acids is 1. The molecule has 1 heterocycles. The highest BCUT2D eigenvalue weighted by molar-refractivity contribution is 5.84. The zero-order valence-electron chi connectivity index (χ0n) is 16.6. The Bertz CT molecular complexity index is 935. The van der Waals surface area contributed by atoms with Crippen molar-refractivity contribution in [3.63, 3.8) is 0 Å². The Morgan fingerprint density at radius 1 is 0.931 bits per heavy atom. The second kappa shape index (κ2) is 9.57. The summed E-state index contributed by atoms with van der Waals surface area (Å²) in [5, 5.41) is 2.28. The van der Waals surface area contributed by atoms with Crippen molar-refractivity contribution in [2.24, 2.45) is 5.92 Å². The van der Waals surface area contributed by atoms with Crippen molar-refractivity contribution in [3.05, 3.63) is 78.4 Å². The van der Waals surface area contributed by atoms with Gasteiger partial charge >= 0.3 is 0 Å². The second-order valence-corrected chi connectivity index (χ2v) is 7.61. The van der Waals surface area contributed by atoms with Crippen LogP contribution >= 0.6 is 0 Å². The van der Waals surface area contributed by atoms with Crippen molar-refractivity contribution in [3.8, 4) is 5.75 Å². The molecule has 0 bridgehead atoms. The zero-order valence-corrected chi connectivity index (χ0v) is 16.6. The molecule has 0 saturated carbocycles. The number of carbonyl (C=O) groups is 1. The van der Waals surface area contributed by atoms with E-state index >= 15 is 0 Å². The molecule has 1 fully saturated rings. The van der Waals surface area contributed by atoms with Gasteiger partial charge in [0.15, 0.2) is 6.61 Å². The summed E-state index contributed by atoms with van der Waals surface area (Å²) in [4.78, 5) is 15.0. The molecule has 0 spiro atoms. The van der Waals surface area contributed by atoms with E-state index in [4.69, 9.17) is 9.47 Å². The highest BCUT2D eigenvalue weighted by Crippen LogP contribution is 2.21. The molecule has 1 aliphatic heterocycles. The highest BCUT2D eigenvalue weighted by atomic mass is 16.5. The fraction of sp³-hybridized carbons (Fsp3) is 0.320. The van der Waals surface area contributed by atoms with Crippen LogP contribution in [-0.2, 0) is 16.1 Å². The average Bonchev–Trinajstić information content (AvgIpc) is 2.78. The van der Waals surface area contributed by atoms with Crippen molar-refractivity contribution >= 4 is 16.7 Å². The molecule has 0 aliphatic carbocycles. The van der Waals surface area contributed by atoms with Gasteiger partial charge < -0.3 is 14.4 Å². The van der Waals surface area contributed by atoms with Gasteiger partial charge in [0.1, 0.15) is 5.75 Å². The largest absolute Gasteiger partial charge is 0.484 e. The standard InChI is InChI=1S/C25H27NO3/c27-25(19-29-24-11-10-22-8-4-5-9-23(22)16-24)26(17-20-6-2-1-3-7-20)18-21-12-14-28-15-13-21/h1-11,16,21H,12-15,17-19H2. The first-order valence-electron chi connectivity index (χ1n) is 10.3. The molecule has 4 rings (SSSR count). The fourth-order valence-corrected chi connectivity index (χ4v) is 3.79. The monoisotopic (exact) mass is 389 g/mol. The van der Waals surface area contributed by atoms with E-state index in [9.17, 15) is 4.79 Å². The van der Waals surface area contributed by atoms with Crippen LogP contribution in [0.2, 0.25) is 0 Å². The Kier molecular flexibility index (Phi) is 6.42. The molecule has 1 saturated heterocycles. The molecule has 1 amide bonds. The van der Waals surface area contributed by atoms with Gasteiger partial charge in [0.25, 0.3) is 5.91 Å². The maximum Gasteiger partial charge on any atom is 0.260 e. The minimum atomic E-state index is 0.0218. The minimum absolute atomic E-state index is 0.0218. The third-order valence-corrected chi connectivity index (χ3v) is 5.47. The molecule has 0 radical (unpaired) electrons. The van der Waals surface area contributed by atoms with E-state index in [0.717, 1.165) is 54.7 Å². The quantitative estimate of drug-likeness (QED) is 0.589. The molecule has 0 atom stereocenters. The van der Waals surface area contributed by atoms with Crippen LogP contribution in [-0.4, -0.2) is 37.2 Å². The van der Waals surface area contributed by atoms with E-state index in [0.29, 0.717) is 12.5 Å². The number of fused-ring (bicyclic) bond motifs is 1. The second-order valence-electron chi connectivity index (χ2n) is 7.61. The average molecular weight is 389 g/mol. The van der Waals surface area contributed by atoms with Crippen LogP contribution < -0.4 is 4.74 Å². The summed E-state index contributed by atoms with van der Waals surface area (Å²) in [5.74, 6) is 1.23. The number of nitrogens with zero attached hydrogens (tertiary/aromatic N) is 1. The van der Waals surface area contributed by atoms with Gasteiger partial charge in [0.2, 0.25) is 0 Å². The van der Waals surface area contributed by atoms with Crippen molar-refractivity contribution in [1.82, 2.24) is 4.90 Å². The molecular formula is C25H27NO3. The Morgan fingerprint density at radius 3 is 2.45 bits per heavy atom. The van der Waals surface area contributed by atoms with Crippen molar-refractivity contribution in [1.29, 1.82) is 0 Å². The molecule has 3 aromatic rings. The lowest BCUT2D eigenvalue weighted by Crippen LogP contribution is -2.39. The van der Waals surface area contributed by atoms with Crippen LogP contribution in [0.4, 0.5) is 0 Å². The van der Waals surface area contributed by atoms with Crippen LogP contribution in [0.5, 0.6) is 5.75 Å². The number of benzene rings is 3. The van der Waals surface area contributed by atoms with Gasteiger partial charge in [-0.2, -0.15) is 0 Å². The Labute approximate surface area is 172 Å². The molecule has 29 heavy (non-hydrogen) atoms. The van der Waals surface area contributed by atoms with E-state index in [1.807, 2.05) is 53.4 Å². The third-order valence-electron chi connectivity index (χ3n) is 5.47. The summed E-state index contributed by atoms with van der Waals surface area (Å²) in [6.07, 6.45) is 2.01. The molecule has 3 aromatic carbocycles. The Balaban J connectivity index is 1.42. The summed E-state index contributed by atoms with van der Waals surface area (Å²) in [6, 6.07) is 24.2. The maximum atomic E-state index is 13.0. The van der Waals surface area contributed by atoms with Gasteiger partial charge in [-0.25, -0.2) is 0 Å². The molecule has 4 heteroatoms. The molecule has 0 unspecified atom stereocenters. The zero-order chi connectivity index (χ0) is 19.9. The predicted octanol–water partition coefficient (Wildman–Crippen LogP) is 4.67. The minimum Gasteiger partial charge on any atom is -0.484 e. The van der Waals surface area contributed by atoms with Gasteiger partial charge in [-0.05, 0) is 47.2 Å². The van der Waals surface area contributed by atoms with Gasteiger partial charge in [0, 0.05) is 26.3 Å². The molecular weight excluding hydrogens is 362 g/mol. The molecule has 150 valence electrons. The summed E-state index contributed by atoms with van der Waals surface area (Å²) in [6.45, 7) is 2.97. The van der Waals surface area contributed by atoms with Gasteiger partial charge in [-0.1, -0.05) is 60.7 Å². The Morgan fingerprint density at radius 2 is 1.66 bits per heavy atom. The molecule has 0 aromatic heterocycles. The molecule has 0 N–H and O–H groups in total. The fourth-order valence-electron chi connectivity index (χ4n) is 3.79. The smallest absolute Gasteiger partial charge is 0.260 e. The van der Waals surface area contributed by atoms with Crippen LogP contribution in [0.25, 0.3) is 10.8 Å². The summed E-state index contributed by atoms with van der Waals surface area (Å²) < 4.78 is 11.3. The van der Waals surface area contributed by atoms with E-state index in [2.05, 4.69) is 24.3 Å².